The molecule has 0 unspecified atom stereocenters. The van der Waals surface area contributed by atoms with Gasteiger partial charge in [0.05, 0.1) is 28.6 Å². The van der Waals surface area contributed by atoms with E-state index in [1.165, 1.54) is 29.3 Å². The lowest BCUT2D eigenvalue weighted by Crippen LogP contribution is -2.26. The van der Waals surface area contributed by atoms with E-state index in [9.17, 15) is 13.2 Å². The summed E-state index contributed by atoms with van der Waals surface area (Å²) in [6.07, 6.45) is 1.44. The zero-order valence-electron chi connectivity index (χ0n) is 22.0. The second kappa shape index (κ2) is 12.9. The van der Waals surface area contributed by atoms with Crippen LogP contribution in [0, 0.1) is 0 Å². The summed E-state index contributed by atoms with van der Waals surface area (Å²) < 4.78 is 26.3. The van der Waals surface area contributed by atoms with Crippen LogP contribution in [-0.4, -0.2) is 65.3 Å². The van der Waals surface area contributed by atoms with Crippen molar-refractivity contribution < 1.29 is 13.2 Å². The number of benzene rings is 2. The first-order valence-corrected chi connectivity index (χ1v) is 15.5. The molecule has 4 aromatic rings. The van der Waals surface area contributed by atoms with Gasteiger partial charge in [-0.2, -0.15) is 4.98 Å². The van der Waals surface area contributed by atoms with Gasteiger partial charge in [-0.15, -0.1) is 10.2 Å². The van der Waals surface area contributed by atoms with Crippen LogP contribution in [0.25, 0.3) is 0 Å². The second-order valence-electron chi connectivity index (χ2n) is 9.02. The summed E-state index contributed by atoms with van der Waals surface area (Å²) in [5, 5.41) is 17.2. The van der Waals surface area contributed by atoms with Gasteiger partial charge < -0.3 is 15.5 Å². The molecule has 0 fully saturated rings. The van der Waals surface area contributed by atoms with Gasteiger partial charge in [0.1, 0.15) is 5.02 Å². The SMILES string of the molecule is CC(C)S(=O)(=O)c1ccccc1Nc1nc(Nc2ccc(Sc3nnc(NC(=O)CN(C)C)s3)cc2)ncc1Cl. The van der Waals surface area contributed by atoms with Crippen LogP contribution in [0.5, 0.6) is 0 Å². The lowest BCUT2D eigenvalue weighted by Gasteiger charge is -2.15. The highest BCUT2D eigenvalue weighted by Gasteiger charge is 2.23. The minimum Gasteiger partial charge on any atom is -0.338 e. The molecule has 3 N–H and O–H groups in total. The Balaban J connectivity index is 1.43. The van der Waals surface area contributed by atoms with E-state index in [-0.39, 0.29) is 34.1 Å². The number of likely N-dealkylation sites (N-methyl/N-ethyl adjacent to an activating group) is 1. The van der Waals surface area contributed by atoms with E-state index in [4.69, 9.17) is 11.6 Å². The minimum atomic E-state index is -3.53. The number of carbonyl (C=O) groups excluding carboxylic acids is 1. The summed E-state index contributed by atoms with van der Waals surface area (Å²) >= 11 is 9.04. The molecular formula is C25H27ClN8O3S3. The average Bonchev–Trinajstić information content (AvgIpc) is 3.33. The highest BCUT2D eigenvalue weighted by atomic mass is 35.5. The highest BCUT2D eigenvalue weighted by molar-refractivity contribution is 8.01. The van der Waals surface area contributed by atoms with Crippen LogP contribution < -0.4 is 16.0 Å². The Labute approximate surface area is 245 Å². The Morgan fingerprint density at radius 2 is 1.80 bits per heavy atom. The molecule has 0 spiro atoms. The Morgan fingerprint density at radius 3 is 2.50 bits per heavy atom. The van der Waals surface area contributed by atoms with Gasteiger partial charge in [-0.3, -0.25) is 10.1 Å². The topological polar surface area (TPSA) is 142 Å². The summed E-state index contributed by atoms with van der Waals surface area (Å²) in [5.74, 6) is 0.391. The van der Waals surface area contributed by atoms with Crippen molar-refractivity contribution in [2.45, 2.75) is 33.2 Å². The molecule has 0 aliphatic rings. The largest absolute Gasteiger partial charge is 0.338 e. The zero-order valence-corrected chi connectivity index (χ0v) is 25.2. The smallest absolute Gasteiger partial charge is 0.240 e. The number of nitrogens with one attached hydrogen (secondary N) is 3. The number of para-hydroxylation sites is 1. The van der Waals surface area contributed by atoms with Gasteiger partial charge in [0.25, 0.3) is 0 Å². The van der Waals surface area contributed by atoms with Gasteiger partial charge in [0, 0.05) is 10.6 Å². The molecule has 0 aliphatic carbocycles. The Kier molecular flexibility index (Phi) is 9.58. The molecule has 15 heteroatoms. The minimum absolute atomic E-state index is 0.152. The first-order chi connectivity index (χ1) is 19.0. The number of rotatable bonds is 11. The molecule has 0 radical (unpaired) electrons. The van der Waals surface area contributed by atoms with Gasteiger partial charge in [-0.05, 0) is 64.3 Å². The second-order valence-corrected chi connectivity index (χ2v) is 14.2. The van der Waals surface area contributed by atoms with E-state index in [0.717, 1.165) is 10.6 Å². The standard InChI is InChI=1S/C25H27ClN8O3S3/c1-15(2)40(36,37)20-8-6-5-7-19(20)29-22-18(26)13-27-23(31-22)28-16-9-11-17(12-10-16)38-25-33-32-24(39-25)30-21(35)14-34(3)4/h5-13,15H,14H2,1-4H3,(H,30,32,35)(H2,27,28,29,31). The molecule has 2 heterocycles. The molecule has 210 valence electrons. The summed E-state index contributed by atoms with van der Waals surface area (Å²) in [4.78, 5) is 23.5. The fraction of sp³-hybridized carbons (Fsp3) is 0.240. The predicted octanol–water partition coefficient (Wildman–Crippen LogP) is 5.30. The van der Waals surface area contributed by atoms with E-state index < -0.39 is 15.1 Å². The van der Waals surface area contributed by atoms with E-state index in [1.807, 2.05) is 38.4 Å². The van der Waals surface area contributed by atoms with Crippen molar-refractivity contribution in [3.05, 3.63) is 59.8 Å². The molecule has 2 aromatic carbocycles. The van der Waals surface area contributed by atoms with Crippen LogP contribution in [0.2, 0.25) is 5.02 Å². The van der Waals surface area contributed by atoms with Gasteiger partial charge in [0.15, 0.2) is 20.0 Å². The molecule has 11 nitrogen and oxygen atoms in total. The summed E-state index contributed by atoms with van der Waals surface area (Å²) in [6, 6.07) is 14.1. The summed E-state index contributed by atoms with van der Waals surface area (Å²) in [7, 11) is 0.104. The zero-order chi connectivity index (χ0) is 28.9. The normalized spacial score (nSPS) is 11.6. The van der Waals surface area contributed by atoms with Crippen LogP contribution in [0.15, 0.2) is 68.9 Å². The number of hydrogen-bond donors (Lipinski definition) is 3. The highest BCUT2D eigenvalue weighted by Crippen LogP contribution is 2.33. The molecule has 0 bridgehead atoms. The molecule has 0 aliphatic heterocycles. The number of halogens is 1. The number of sulfone groups is 1. The predicted molar refractivity (Wildman–Crippen MR) is 160 cm³/mol. The van der Waals surface area contributed by atoms with E-state index in [2.05, 4.69) is 36.1 Å². The molecule has 40 heavy (non-hydrogen) atoms. The number of hydrogen-bond acceptors (Lipinski definition) is 12. The van der Waals surface area contributed by atoms with Gasteiger partial charge in [-0.25, -0.2) is 13.4 Å². The third-order valence-electron chi connectivity index (χ3n) is 5.24. The lowest BCUT2D eigenvalue weighted by molar-refractivity contribution is -0.116. The van der Waals surface area contributed by atoms with Crippen LogP contribution in [0.4, 0.5) is 28.3 Å². The summed E-state index contributed by atoms with van der Waals surface area (Å²) in [6.45, 7) is 3.53. The lowest BCUT2D eigenvalue weighted by atomic mass is 10.3. The van der Waals surface area contributed by atoms with Crippen molar-refractivity contribution in [1.82, 2.24) is 25.1 Å². The molecule has 0 atom stereocenters. The van der Waals surface area contributed by atoms with Crippen molar-refractivity contribution in [2.75, 3.05) is 36.6 Å². The number of amides is 1. The van der Waals surface area contributed by atoms with Crippen molar-refractivity contribution >= 4 is 78.7 Å². The maximum atomic E-state index is 12.8. The quantitative estimate of drug-likeness (QED) is 0.188. The Morgan fingerprint density at radius 1 is 1.07 bits per heavy atom. The fourth-order valence-electron chi connectivity index (χ4n) is 3.30. The van der Waals surface area contributed by atoms with E-state index in [0.29, 0.717) is 15.2 Å². The molecular weight excluding hydrogens is 592 g/mol. The van der Waals surface area contributed by atoms with Crippen molar-refractivity contribution in [3.8, 4) is 0 Å². The van der Waals surface area contributed by atoms with Crippen molar-refractivity contribution in [3.63, 3.8) is 0 Å². The molecule has 0 saturated heterocycles. The molecule has 2 aromatic heterocycles. The van der Waals surface area contributed by atoms with Gasteiger partial charge in [0.2, 0.25) is 17.0 Å². The van der Waals surface area contributed by atoms with Crippen LogP contribution in [0.3, 0.4) is 0 Å². The maximum Gasteiger partial charge on any atom is 0.240 e. The fourth-order valence-corrected chi connectivity index (χ4v) is 6.38. The average molecular weight is 619 g/mol. The van der Waals surface area contributed by atoms with Crippen LogP contribution >= 0.6 is 34.7 Å². The molecule has 1 amide bonds. The monoisotopic (exact) mass is 618 g/mol. The first-order valence-electron chi connectivity index (χ1n) is 12.0. The third kappa shape index (κ3) is 7.67. The van der Waals surface area contributed by atoms with Crippen molar-refractivity contribution in [2.24, 2.45) is 0 Å². The van der Waals surface area contributed by atoms with Crippen molar-refractivity contribution in [1.29, 1.82) is 0 Å². The van der Waals surface area contributed by atoms with Gasteiger partial charge >= 0.3 is 0 Å². The van der Waals surface area contributed by atoms with Crippen LogP contribution in [-0.2, 0) is 14.6 Å². The van der Waals surface area contributed by atoms with Gasteiger partial charge in [-0.1, -0.05) is 46.8 Å². The number of anilines is 5. The number of nitrogens with zero attached hydrogens (tertiary/aromatic N) is 5. The summed E-state index contributed by atoms with van der Waals surface area (Å²) in [5.41, 5.74) is 1.11. The Bertz CT molecular complexity index is 1600. The number of carbonyl (C=O) groups is 1. The first kappa shape index (κ1) is 29.7. The van der Waals surface area contributed by atoms with E-state index >= 15 is 0 Å². The molecule has 0 saturated carbocycles. The number of aromatic nitrogens is 4. The van der Waals surface area contributed by atoms with Crippen LogP contribution in [0.1, 0.15) is 13.8 Å². The Hall–Kier alpha value is -3.30. The van der Waals surface area contributed by atoms with E-state index in [1.54, 1.807) is 43.0 Å². The maximum absolute atomic E-state index is 12.8. The molecule has 4 rings (SSSR count). The third-order valence-corrected chi connectivity index (χ3v) is 9.62.